The zero-order valence-electron chi connectivity index (χ0n) is 16.4. The Morgan fingerprint density at radius 3 is 2.44 bits per heavy atom. The van der Waals surface area contributed by atoms with Gasteiger partial charge in [-0.2, -0.15) is 0 Å². The molecule has 1 aromatic rings. The van der Waals surface area contributed by atoms with Crippen LogP contribution in [0.2, 0.25) is 5.02 Å². The molecule has 6 nitrogen and oxygen atoms in total. The van der Waals surface area contributed by atoms with E-state index < -0.39 is 10.0 Å². The molecule has 0 atom stereocenters. The number of hydrogen-bond donors (Lipinski definition) is 1. The highest BCUT2D eigenvalue weighted by atomic mass is 35.5. The molecule has 8 heteroatoms. The summed E-state index contributed by atoms with van der Waals surface area (Å²) in [6.07, 6.45) is 1.29. The number of nitrogens with one attached hydrogen (secondary N) is 1. The maximum Gasteiger partial charge on any atom is 0.240 e. The summed E-state index contributed by atoms with van der Waals surface area (Å²) in [6, 6.07) is 6.07. The van der Waals surface area contributed by atoms with Crippen LogP contribution in [0, 0.1) is 5.41 Å². The molecule has 0 saturated carbocycles. The molecule has 0 aromatic heterocycles. The van der Waals surface area contributed by atoms with Crippen molar-refractivity contribution in [2.75, 3.05) is 39.3 Å². The second-order valence-corrected chi connectivity index (χ2v) is 10.3. The van der Waals surface area contributed by atoms with Gasteiger partial charge in [-0.15, -0.1) is 0 Å². The summed E-state index contributed by atoms with van der Waals surface area (Å²) >= 11 is 5.84. The Balaban J connectivity index is 1.74. The highest BCUT2D eigenvalue weighted by Crippen LogP contribution is 2.19. The first-order valence-corrected chi connectivity index (χ1v) is 11.2. The Bertz CT molecular complexity index is 739. The van der Waals surface area contributed by atoms with Crippen LogP contribution in [0.15, 0.2) is 29.2 Å². The summed E-state index contributed by atoms with van der Waals surface area (Å²) in [5, 5.41) is 0.360. The van der Waals surface area contributed by atoms with E-state index in [4.69, 9.17) is 11.6 Å². The van der Waals surface area contributed by atoms with Gasteiger partial charge in [0.15, 0.2) is 0 Å². The SMILES string of the molecule is CC(C)(C)CCN1CCN(C(=O)CCNS(=O)(=O)c2cccc(Cl)c2)CC1. The number of carbonyl (C=O) groups is 1. The van der Waals surface area contributed by atoms with E-state index in [1.54, 1.807) is 12.1 Å². The van der Waals surface area contributed by atoms with E-state index in [9.17, 15) is 13.2 Å². The van der Waals surface area contributed by atoms with Gasteiger partial charge in [0.25, 0.3) is 0 Å². The number of sulfonamides is 1. The molecule has 0 bridgehead atoms. The third-order valence-corrected chi connectivity index (χ3v) is 6.33. The highest BCUT2D eigenvalue weighted by molar-refractivity contribution is 7.89. The average Bonchev–Trinajstić information content (AvgIpc) is 2.59. The van der Waals surface area contributed by atoms with Gasteiger partial charge in [-0.3, -0.25) is 9.69 Å². The molecular weight excluding hydrogens is 386 g/mol. The summed E-state index contributed by atoms with van der Waals surface area (Å²) in [7, 11) is -3.65. The molecule has 1 fully saturated rings. The monoisotopic (exact) mass is 415 g/mol. The van der Waals surface area contributed by atoms with Crippen molar-refractivity contribution in [1.82, 2.24) is 14.5 Å². The van der Waals surface area contributed by atoms with Crippen LogP contribution in [0.5, 0.6) is 0 Å². The Kier molecular flexibility index (Phi) is 7.68. The zero-order valence-corrected chi connectivity index (χ0v) is 17.9. The lowest BCUT2D eigenvalue weighted by Crippen LogP contribution is -2.49. The van der Waals surface area contributed by atoms with E-state index in [-0.39, 0.29) is 23.8 Å². The minimum absolute atomic E-state index is 0.0146. The molecular formula is C19H30ClN3O3S. The number of rotatable bonds is 7. The van der Waals surface area contributed by atoms with Gasteiger partial charge in [0.2, 0.25) is 15.9 Å². The van der Waals surface area contributed by atoms with Crippen LogP contribution in [0.4, 0.5) is 0 Å². The van der Waals surface area contributed by atoms with E-state index in [2.05, 4.69) is 30.4 Å². The number of carbonyl (C=O) groups excluding carboxylic acids is 1. The van der Waals surface area contributed by atoms with E-state index in [1.807, 2.05) is 4.90 Å². The number of hydrogen-bond acceptors (Lipinski definition) is 4. The molecule has 0 aliphatic carbocycles. The number of nitrogens with zero attached hydrogens (tertiary/aromatic N) is 2. The quantitative estimate of drug-likeness (QED) is 0.743. The minimum atomic E-state index is -3.65. The maximum absolute atomic E-state index is 12.3. The average molecular weight is 416 g/mol. The standard InChI is InChI=1S/C19H30ClN3O3S/c1-19(2,3)8-10-22-11-13-23(14-12-22)18(24)7-9-21-27(25,26)17-6-4-5-16(20)15-17/h4-6,15,21H,7-14H2,1-3H3. The van der Waals surface area contributed by atoms with Crippen molar-refractivity contribution in [2.45, 2.75) is 38.5 Å². The molecule has 0 radical (unpaired) electrons. The topological polar surface area (TPSA) is 69.7 Å². The molecule has 1 N–H and O–H groups in total. The largest absolute Gasteiger partial charge is 0.340 e. The van der Waals surface area contributed by atoms with Crippen molar-refractivity contribution in [3.05, 3.63) is 29.3 Å². The number of halogens is 1. The lowest BCUT2D eigenvalue weighted by Gasteiger charge is -2.36. The first kappa shape index (κ1) is 22.1. The molecule has 152 valence electrons. The van der Waals surface area contributed by atoms with E-state index >= 15 is 0 Å². The molecule has 0 unspecified atom stereocenters. The summed E-state index contributed by atoms with van der Waals surface area (Å²) in [6.45, 7) is 11.0. The predicted octanol–water partition coefficient (Wildman–Crippen LogP) is 2.59. The number of amides is 1. The number of piperazine rings is 1. The fraction of sp³-hybridized carbons (Fsp3) is 0.632. The molecule has 27 heavy (non-hydrogen) atoms. The smallest absolute Gasteiger partial charge is 0.240 e. The summed E-state index contributed by atoms with van der Waals surface area (Å²) < 4.78 is 26.9. The van der Waals surface area contributed by atoms with Gasteiger partial charge in [0, 0.05) is 44.2 Å². The van der Waals surface area contributed by atoms with Crippen molar-refractivity contribution in [1.29, 1.82) is 0 Å². The summed E-state index contributed by atoms with van der Waals surface area (Å²) in [5.41, 5.74) is 0.313. The van der Waals surface area contributed by atoms with Gasteiger partial charge in [-0.05, 0) is 36.6 Å². The molecule has 1 aliphatic heterocycles. The molecule has 1 aliphatic rings. The van der Waals surface area contributed by atoms with E-state index in [0.29, 0.717) is 23.5 Å². The Hall–Kier alpha value is -1.15. The van der Waals surface area contributed by atoms with E-state index in [1.165, 1.54) is 12.1 Å². The molecule has 1 amide bonds. The van der Waals surface area contributed by atoms with Crippen molar-refractivity contribution < 1.29 is 13.2 Å². The fourth-order valence-corrected chi connectivity index (χ4v) is 4.21. The van der Waals surface area contributed by atoms with Gasteiger partial charge in [-0.1, -0.05) is 38.4 Å². The summed E-state index contributed by atoms with van der Waals surface area (Å²) in [4.78, 5) is 16.7. The lowest BCUT2D eigenvalue weighted by molar-refractivity contribution is -0.132. The molecule has 0 spiro atoms. The van der Waals surface area contributed by atoms with Crippen LogP contribution in [0.25, 0.3) is 0 Å². The fourth-order valence-electron chi connectivity index (χ4n) is 2.88. The molecule has 2 rings (SSSR count). The first-order chi connectivity index (χ1) is 12.6. The Morgan fingerprint density at radius 1 is 1.19 bits per heavy atom. The van der Waals surface area contributed by atoms with Crippen LogP contribution in [0.1, 0.15) is 33.6 Å². The first-order valence-electron chi connectivity index (χ1n) is 9.32. The van der Waals surface area contributed by atoms with Crippen molar-refractivity contribution in [2.24, 2.45) is 5.41 Å². The maximum atomic E-state index is 12.3. The van der Waals surface area contributed by atoms with Crippen LogP contribution in [-0.2, 0) is 14.8 Å². The lowest BCUT2D eigenvalue weighted by atomic mass is 9.92. The third-order valence-electron chi connectivity index (χ3n) is 4.64. The van der Waals surface area contributed by atoms with Gasteiger partial charge < -0.3 is 4.90 Å². The number of benzene rings is 1. The van der Waals surface area contributed by atoms with Gasteiger partial charge >= 0.3 is 0 Å². The third kappa shape index (κ3) is 7.41. The van der Waals surface area contributed by atoms with Crippen LogP contribution < -0.4 is 4.72 Å². The van der Waals surface area contributed by atoms with Crippen LogP contribution in [-0.4, -0.2) is 63.4 Å². The molecule has 1 heterocycles. The van der Waals surface area contributed by atoms with Crippen LogP contribution in [0.3, 0.4) is 0 Å². The normalized spacial score (nSPS) is 16.5. The second-order valence-electron chi connectivity index (χ2n) is 8.14. The van der Waals surface area contributed by atoms with Gasteiger partial charge in [0.05, 0.1) is 4.90 Å². The van der Waals surface area contributed by atoms with Crippen LogP contribution >= 0.6 is 11.6 Å². The molecule has 1 saturated heterocycles. The van der Waals surface area contributed by atoms with Gasteiger partial charge in [-0.25, -0.2) is 13.1 Å². The Labute approximate surface area is 167 Å². The minimum Gasteiger partial charge on any atom is -0.340 e. The van der Waals surface area contributed by atoms with Crippen molar-refractivity contribution >= 4 is 27.5 Å². The zero-order chi connectivity index (χ0) is 20.1. The summed E-state index contributed by atoms with van der Waals surface area (Å²) in [5.74, 6) is -0.0146. The van der Waals surface area contributed by atoms with Crippen molar-refractivity contribution in [3.63, 3.8) is 0 Å². The van der Waals surface area contributed by atoms with Gasteiger partial charge in [0.1, 0.15) is 0 Å². The van der Waals surface area contributed by atoms with Crippen molar-refractivity contribution in [3.8, 4) is 0 Å². The second kappa shape index (κ2) is 9.37. The molecule has 1 aromatic carbocycles. The highest BCUT2D eigenvalue weighted by Gasteiger charge is 2.22. The Morgan fingerprint density at radius 2 is 1.85 bits per heavy atom. The van der Waals surface area contributed by atoms with E-state index in [0.717, 1.165) is 26.1 Å². The predicted molar refractivity (Wildman–Crippen MR) is 108 cm³/mol.